The second kappa shape index (κ2) is 5.33. The number of halogens is 1. The molecule has 0 aliphatic heterocycles. The summed E-state index contributed by atoms with van der Waals surface area (Å²) in [5.41, 5.74) is 1.47. The zero-order valence-corrected chi connectivity index (χ0v) is 9.69. The van der Waals surface area contributed by atoms with Gasteiger partial charge in [-0.25, -0.2) is 0 Å². The summed E-state index contributed by atoms with van der Waals surface area (Å²) in [4.78, 5) is 3.92. The van der Waals surface area contributed by atoms with Crippen molar-refractivity contribution in [2.24, 2.45) is 0 Å². The molecular formula is C13H9ClN2O. The minimum Gasteiger partial charge on any atom is -0.486 e. The molecule has 0 aliphatic rings. The lowest BCUT2D eigenvalue weighted by Crippen LogP contribution is -1.97. The predicted molar refractivity (Wildman–Crippen MR) is 64.7 cm³/mol. The van der Waals surface area contributed by atoms with Crippen LogP contribution < -0.4 is 4.74 Å². The van der Waals surface area contributed by atoms with Crippen molar-refractivity contribution in [1.29, 1.82) is 5.26 Å². The van der Waals surface area contributed by atoms with Crippen molar-refractivity contribution in [3.05, 3.63) is 58.9 Å². The van der Waals surface area contributed by atoms with Crippen LogP contribution in [0.4, 0.5) is 0 Å². The van der Waals surface area contributed by atoms with Gasteiger partial charge in [-0.15, -0.1) is 0 Å². The van der Waals surface area contributed by atoms with Gasteiger partial charge >= 0.3 is 0 Å². The highest BCUT2D eigenvalue weighted by Gasteiger charge is 2.02. The Labute approximate surface area is 104 Å². The molecular weight excluding hydrogens is 236 g/mol. The van der Waals surface area contributed by atoms with Crippen molar-refractivity contribution >= 4 is 11.6 Å². The third kappa shape index (κ3) is 2.96. The number of pyridine rings is 1. The highest BCUT2D eigenvalue weighted by Crippen LogP contribution is 2.17. The first-order valence-electron chi connectivity index (χ1n) is 5.01. The Kier molecular flexibility index (Phi) is 3.59. The summed E-state index contributed by atoms with van der Waals surface area (Å²) in [5, 5.41) is 9.56. The smallest absolute Gasteiger partial charge is 0.155 e. The van der Waals surface area contributed by atoms with E-state index in [4.69, 9.17) is 21.6 Å². The van der Waals surface area contributed by atoms with Gasteiger partial charge in [0.2, 0.25) is 0 Å². The zero-order chi connectivity index (χ0) is 12.1. The fourth-order valence-corrected chi connectivity index (χ4v) is 1.46. The van der Waals surface area contributed by atoms with Crippen molar-refractivity contribution in [2.75, 3.05) is 0 Å². The summed E-state index contributed by atoms with van der Waals surface area (Å²) >= 11 is 5.78. The van der Waals surface area contributed by atoms with Crippen LogP contribution in [0, 0.1) is 11.3 Å². The molecule has 1 heterocycles. The first-order chi connectivity index (χ1) is 8.29. The predicted octanol–water partition coefficient (Wildman–Crippen LogP) is 3.19. The van der Waals surface area contributed by atoms with E-state index in [2.05, 4.69) is 11.1 Å². The van der Waals surface area contributed by atoms with Gasteiger partial charge in [-0.2, -0.15) is 5.26 Å². The molecule has 1 aromatic heterocycles. The van der Waals surface area contributed by atoms with Crippen molar-refractivity contribution < 1.29 is 4.74 Å². The summed E-state index contributed by atoms with van der Waals surface area (Å²) in [6.07, 6.45) is 3.10. The Hall–Kier alpha value is -2.05. The number of ether oxygens (including phenoxy) is 1. The first-order valence-corrected chi connectivity index (χ1v) is 5.39. The lowest BCUT2D eigenvalue weighted by atomic mass is 10.2. The lowest BCUT2D eigenvalue weighted by Gasteiger charge is -2.06. The second-order valence-corrected chi connectivity index (χ2v) is 3.84. The van der Waals surface area contributed by atoms with Gasteiger partial charge in [0.25, 0.3) is 0 Å². The molecule has 3 nitrogen and oxygen atoms in total. The molecule has 0 radical (unpaired) electrons. The van der Waals surface area contributed by atoms with Crippen molar-refractivity contribution in [2.45, 2.75) is 6.61 Å². The van der Waals surface area contributed by atoms with Gasteiger partial charge in [-0.3, -0.25) is 4.98 Å². The normalized spacial score (nSPS) is 9.65. The maximum Gasteiger partial charge on any atom is 0.155 e. The molecule has 0 saturated heterocycles. The van der Waals surface area contributed by atoms with E-state index in [1.807, 2.05) is 12.1 Å². The minimum absolute atomic E-state index is 0.386. The molecule has 2 rings (SSSR count). The SMILES string of the molecule is N#Cc1ccncc1OCc1ccc(Cl)cc1. The fraction of sp³-hybridized carbons (Fsp3) is 0.0769. The van der Waals surface area contributed by atoms with E-state index in [0.717, 1.165) is 5.56 Å². The highest BCUT2D eigenvalue weighted by molar-refractivity contribution is 6.30. The van der Waals surface area contributed by atoms with E-state index >= 15 is 0 Å². The Balaban J connectivity index is 2.08. The molecule has 1 aromatic carbocycles. The van der Waals surface area contributed by atoms with Crippen molar-refractivity contribution in [1.82, 2.24) is 4.98 Å². The van der Waals surface area contributed by atoms with Crippen LogP contribution >= 0.6 is 11.6 Å². The van der Waals surface area contributed by atoms with Crippen LogP contribution in [0.2, 0.25) is 5.02 Å². The van der Waals surface area contributed by atoms with E-state index in [-0.39, 0.29) is 0 Å². The summed E-state index contributed by atoms with van der Waals surface area (Å²) in [6.45, 7) is 0.386. The minimum atomic E-state index is 0.386. The van der Waals surface area contributed by atoms with Gasteiger partial charge in [0.1, 0.15) is 12.7 Å². The van der Waals surface area contributed by atoms with Crippen LogP contribution in [0.15, 0.2) is 42.7 Å². The second-order valence-electron chi connectivity index (χ2n) is 3.40. The molecule has 0 atom stereocenters. The average molecular weight is 245 g/mol. The quantitative estimate of drug-likeness (QED) is 0.833. The van der Waals surface area contributed by atoms with Gasteiger partial charge in [0, 0.05) is 11.2 Å². The van der Waals surface area contributed by atoms with Crippen molar-refractivity contribution in [3.63, 3.8) is 0 Å². The van der Waals surface area contributed by atoms with Gasteiger partial charge in [-0.05, 0) is 23.8 Å². The van der Waals surface area contributed by atoms with Crippen LogP contribution in [0.5, 0.6) is 5.75 Å². The third-order valence-corrected chi connectivity index (χ3v) is 2.46. The molecule has 0 unspecified atom stereocenters. The molecule has 0 N–H and O–H groups in total. The number of hydrogen-bond donors (Lipinski definition) is 0. The van der Waals surface area contributed by atoms with Gasteiger partial charge in [0.15, 0.2) is 5.75 Å². The monoisotopic (exact) mass is 244 g/mol. The molecule has 2 aromatic rings. The number of nitriles is 1. The Morgan fingerprint density at radius 1 is 1.24 bits per heavy atom. The number of hydrogen-bond acceptors (Lipinski definition) is 3. The topological polar surface area (TPSA) is 45.9 Å². The van der Waals surface area contributed by atoms with Crippen LogP contribution in [0.3, 0.4) is 0 Å². The molecule has 0 fully saturated rings. The number of aromatic nitrogens is 1. The average Bonchev–Trinajstić information content (AvgIpc) is 2.38. The molecule has 0 spiro atoms. The third-order valence-electron chi connectivity index (χ3n) is 2.21. The van der Waals surface area contributed by atoms with E-state index in [1.165, 1.54) is 6.20 Å². The maximum atomic E-state index is 8.88. The molecule has 0 saturated carbocycles. The number of rotatable bonds is 3. The van der Waals surface area contributed by atoms with Gasteiger partial charge in [0.05, 0.1) is 11.8 Å². The molecule has 0 bridgehead atoms. The zero-order valence-electron chi connectivity index (χ0n) is 8.93. The van der Waals surface area contributed by atoms with Crippen LogP contribution in [0.25, 0.3) is 0 Å². The molecule has 4 heteroatoms. The lowest BCUT2D eigenvalue weighted by molar-refractivity contribution is 0.304. The number of nitrogens with zero attached hydrogens (tertiary/aromatic N) is 2. The highest BCUT2D eigenvalue weighted by atomic mass is 35.5. The summed E-state index contributed by atoms with van der Waals surface area (Å²) < 4.78 is 5.53. The van der Waals surface area contributed by atoms with Crippen molar-refractivity contribution in [3.8, 4) is 11.8 Å². The summed E-state index contributed by atoms with van der Waals surface area (Å²) in [7, 11) is 0. The molecule has 0 amide bonds. The van der Waals surface area contributed by atoms with Crippen LogP contribution in [0.1, 0.15) is 11.1 Å². The van der Waals surface area contributed by atoms with E-state index in [9.17, 15) is 0 Å². The van der Waals surface area contributed by atoms with Gasteiger partial charge in [-0.1, -0.05) is 23.7 Å². The maximum absolute atomic E-state index is 8.88. The van der Waals surface area contributed by atoms with Gasteiger partial charge < -0.3 is 4.74 Å². The van der Waals surface area contributed by atoms with E-state index < -0.39 is 0 Å². The molecule has 84 valence electrons. The number of benzene rings is 1. The summed E-state index contributed by atoms with van der Waals surface area (Å²) in [5.74, 6) is 0.491. The molecule has 0 aliphatic carbocycles. The first kappa shape index (κ1) is 11.4. The van der Waals surface area contributed by atoms with E-state index in [0.29, 0.717) is 22.9 Å². The Bertz CT molecular complexity index is 546. The van der Waals surface area contributed by atoms with Crippen LogP contribution in [-0.4, -0.2) is 4.98 Å². The Morgan fingerprint density at radius 2 is 2.00 bits per heavy atom. The fourth-order valence-electron chi connectivity index (χ4n) is 1.33. The standard InChI is InChI=1S/C13H9ClN2O/c14-12-3-1-10(2-4-12)9-17-13-8-16-6-5-11(13)7-15/h1-6,8H,9H2. The largest absolute Gasteiger partial charge is 0.486 e. The molecule has 17 heavy (non-hydrogen) atoms. The Morgan fingerprint density at radius 3 is 2.71 bits per heavy atom. The van der Waals surface area contributed by atoms with Crippen LogP contribution in [-0.2, 0) is 6.61 Å². The van der Waals surface area contributed by atoms with E-state index in [1.54, 1.807) is 24.4 Å². The summed E-state index contributed by atoms with van der Waals surface area (Å²) in [6, 6.07) is 11.0.